The minimum Gasteiger partial charge on any atom is -0.454 e. The SMILES string of the molecule is c1ccc(-c2ccc(Nc3cccc4c3oc3ccccc34)cc2-c2cccc3sc4ccccc4c23)cc1. The molecular formula is C36H23NOS. The van der Waals surface area contributed by atoms with E-state index in [9.17, 15) is 0 Å². The molecule has 0 fully saturated rings. The van der Waals surface area contributed by atoms with E-state index in [0.29, 0.717) is 0 Å². The van der Waals surface area contributed by atoms with Crippen LogP contribution in [0.4, 0.5) is 11.4 Å². The van der Waals surface area contributed by atoms with Gasteiger partial charge in [-0.1, -0.05) is 97.1 Å². The van der Waals surface area contributed by atoms with Gasteiger partial charge in [0.1, 0.15) is 5.58 Å². The lowest BCUT2D eigenvalue weighted by molar-refractivity contribution is 0.670. The summed E-state index contributed by atoms with van der Waals surface area (Å²) < 4.78 is 8.91. The summed E-state index contributed by atoms with van der Waals surface area (Å²) in [6.07, 6.45) is 0. The zero-order valence-corrected chi connectivity index (χ0v) is 21.8. The molecule has 0 unspecified atom stereocenters. The van der Waals surface area contributed by atoms with E-state index in [1.807, 2.05) is 23.5 Å². The average molecular weight is 518 g/mol. The zero-order valence-electron chi connectivity index (χ0n) is 21.0. The van der Waals surface area contributed by atoms with Crippen molar-refractivity contribution >= 4 is 64.8 Å². The van der Waals surface area contributed by atoms with Crippen LogP contribution in [0.15, 0.2) is 138 Å². The maximum Gasteiger partial charge on any atom is 0.158 e. The lowest BCUT2D eigenvalue weighted by Gasteiger charge is -2.15. The third-order valence-electron chi connectivity index (χ3n) is 7.48. The Morgan fingerprint density at radius 2 is 1.26 bits per heavy atom. The Bertz CT molecular complexity index is 2150. The van der Waals surface area contributed by atoms with Crippen LogP contribution in [-0.4, -0.2) is 0 Å². The molecule has 0 spiro atoms. The van der Waals surface area contributed by atoms with E-state index in [0.717, 1.165) is 33.3 Å². The van der Waals surface area contributed by atoms with Gasteiger partial charge in [0, 0.05) is 36.6 Å². The van der Waals surface area contributed by atoms with Crippen molar-refractivity contribution in [1.29, 1.82) is 0 Å². The second kappa shape index (κ2) is 8.87. The van der Waals surface area contributed by atoms with E-state index in [1.54, 1.807) is 0 Å². The van der Waals surface area contributed by atoms with Crippen LogP contribution < -0.4 is 5.32 Å². The number of fused-ring (bicyclic) bond motifs is 6. The molecular weight excluding hydrogens is 494 g/mol. The largest absolute Gasteiger partial charge is 0.454 e. The first-order valence-corrected chi connectivity index (χ1v) is 13.9. The van der Waals surface area contributed by atoms with Gasteiger partial charge < -0.3 is 9.73 Å². The number of thiophene rings is 1. The quantitative estimate of drug-likeness (QED) is 0.251. The van der Waals surface area contributed by atoms with Crippen LogP contribution in [0.25, 0.3) is 64.4 Å². The topological polar surface area (TPSA) is 25.2 Å². The molecule has 2 heterocycles. The molecule has 0 aliphatic heterocycles. The lowest BCUT2D eigenvalue weighted by atomic mass is 9.91. The number of para-hydroxylation sites is 2. The van der Waals surface area contributed by atoms with Crippen molar-refractivity contribution in [3.63, 3.8) is 0 Å². The molecule has 8 aromatic rings. The van der Waals surface area contributed by atoms with Gasteiger partial charge in [-0.3, -0.25) is 0 Å². The molecule has 0 radical (unpaired) electrons. The number of furan rings is 1. The van der Waals surface area contributed by atoms with Crippen molar-refractivity contribution in [3.05, 3.63) is 133 Å². The predicted octanol–water partition coefficient (Wildman–Crippen LogP) is 11.0. The third-order valence-corrected chi connectivity index (χ3v) is 8.62. The molecule has 2 nitrogen and oxygen atoms in total. The Morgan fingerprint density at radius 1 is 0.513 bits per heavy atom. The first-order chi connectivity index (χ1) is 19.3. The third kappa shape index (κ3) is 3.63. The summed E-state index contributed by atoms with van der Waals surface area (Å²) in [5, 5.41) is 8.55. The standard InChI is InChI=1S/C36H23NOS/c1-2-10-23(11-3-1)25-21-20-24(37-31-16-8-15-28-26-12-4-6-17-32(26)38-36(28)31)22-30(25)27-14-9-19-34-35(27)29-13-5-7-18-33(29)39-34/h1-22,37H. The number of anilines is 2. The molecule has 1 N–H and O–H groups in total. The highest BCUT2D eigenvalue weighted by molar-refractivity contribution is 7.25. The molecule has 184 valence electrons. The molecule has 0 saturated carbocycles. The van der Waals surface area contributed by atoms with Crippen LogP contribution in [0, 0.1) is 0 Å². The van der Waals surface area contributed by atoms with Gasteiger partial charge in [0.05, 0.1) is 5.69 Å². The first kappa shape index (κ1) is 22.2. The van der Waals surface area contributed by atoms with Gasteiger partial charge in [-0.25, -0.2) is 0 Å². The van der Waals surface area contributed by atoms with Gasteiger partial charge in [-0.2, -0.15) is 0 Å². The number of hydrogen-bond acceptors (Lipinski definition) is 3. The number of rotatable bonds is 4. The summed E-state index contributed by atoms with van der Waals surface area (Å²) in [6.45, 7) is 0. The summed E-state index contributed by atoms with van der Waals surface area (Å²) in [6, 6.07) is 47.2. The monoisotopic (exact) mass is 517 g/mol. The fraction of sp³-hybridized carbons (Fsp3) is 0. The maximum absolute atomic E-state index is 6.30. The molecule has 8 rings (SSSR count). The highest BCUT2D eigenvalue weighted by Gasteiger charge is 2.16. The zero-order chi connectivity index (χ0) is 25.8. The van der Waals surface area contributed by atoms with E-state index in [-0.39, 0.29) is 0 Å². The van der Waals surface area contributed by atoms with Gasteiger partial charge in [0.25, 0.3) is 0 Å². The van der Waals surface area contributed by atoms with Gasteiger partial charge >= 0.3 is 0 Å². The van der Waals surface area contributed by atoms with Crippen molar-refractivity contribution in [3.8, 4) is 22.3 Å². The molecule has 0 bridgehead atoms. The first-order valence-electron chi connectivity index (χ1n) is 13.1. The summed E-state index contributed by atoms with van der Waals surface area (Å²) in [5.41, 5.74) is 8.62. The van der Waals surface area contributed by atoms with E-state index < -0.39 is 0 Å². The van der Waals surface area contributed by atoms with Crippen LogP contribution in [0.2, 0.25) is 0 Å². The highest BCUT2D eigenvalue weighted by atomic mass is 32.1. The molecule has 6 aromatic carbocycles. The Hall–Kier alpha value is -4.86. The van der Waals surface area contributed by atoms with Gasteiger partial charge in [0.15, 0.2) is 5.58 Å². The van der Waals surface area contributed by atoms with Crippen molar-refractivity contribution in [2.45, 2.75) is 0 Å². The van der Waals surface area contributed by atoms with Crippen molar-refractivity contribution < 1.29 is 4.42 Å². The second-order valence-corrected chi connectivity index (χ2v) is 10.9. The van der Waals surface area contributed by atoms with Gasteiger partial charge in [0.2, 0.25) is 0 Å². The van der Waals surface area contributed by atoms with Crippen molar-refractivity contribution in [1.82, 2.24) is 0 Å². The van der Waals surface area contributed by atoms with E-state index in [4.69, 9.17) is 4.42 Å². The minimum absolute atomic E-state index is 0.873. The average Bonchev–Trinajstić information content (AvgIpc) is 3.57. The van der Waals surface area contributed by atoms with Crippen LogP contribution >= 0.6 is 11.3 Å². The van der Waals surface area contributed by atoms with Crippen LogP contribution in [-0.2, 0) is 0 Å². The van der Waals surface area contributed by atoms with Crippen LogP contribution in [0.1, 0.15) is 0 Å². The maximum atomic E-state index is 6.30. The molecule has 0 saturated heterocycles. The Kier molecular flexibility index (Phi) is 5.04. The summed E-state index contributed by atoms with van der Waals surface area (Å²) >= 11 is 1.85. The van der Waals surface area contributed by atoms with E-state index in [2.05, 4.69) is 127 Å². The lowest BCUT2D eigenvalue weighted by Crippen LogP contribution is -1.93. The van der Waals surface area contributed by atoms with E-state index in [1.165, 1.54) is 42.4 Å². The fourth-order valence-corrected chi connectivity index (χ4v) is 6.85. The van der Waals surface area contributed by atoms with Crippen LogP contribution in [0.5, 0.6) is 0 Å². The second-order valence-electron chi connectivity index (χ2n) is 9.81. The molecule has 0 aliphatic carbocycles. The highest BCUT2D eigenvalue weighted by Crippen LogP contribution is 2.44. The molecule has 0 amide bonds. The smallest absolute Gasteiger partial charge is 0.158 e. The summed E-state index contributed by atoms with van der Waals surface area (Å²) in [4.78, 5) is 0. The van der Waals surface area contributed by atoms with Crippen LogP contribution in [0.3, 0.4) is 0 Å². The minimum atomic E-state index is 0.873. The number of nitrogens with one attached hydrogen (secondary N) is 1. The van der Waals surface area contributed by atoms with Gasteiger partial charge in [-0.15, -0.1) is 11.3 Å². The van der Waals surface area contributed by atoms with E-state index >= 15 is 0 Å². The van der Waals surface area contributed by atoms with Crippen molar-refractivity contribution in [2.75, 3.05) is 5.32 Å². The number of benzene rings is 6. The molecule has 0 atom stereocenters. The number of hydrogen-bond donors (Lipinski definition) is 1. The summed E-state index contributed by atoms with van der Waals surface area (Å²) in [7, 11) is 0. The Morgan fingerprint density at radius 3 is 2.18 bits per heavy atom. The molecule has 2 aromatic heterocycles. The predicted molar refractivity (Wildman–Crippen MR) is 167 cm³/mol. The van der Waals surface area contributed by atoms with Crippen molar-refractivity contribution in [2.24, 2.45) is 0 Å². The molecule has 3 heteroatoms. The molecule has 39 heavy (non-hydrogen) atoms. The summed E-state index contributed by atoms with van der Waals surface area (Å²) in [5.74, 6) is 0. The normalized spacial score (nSPS) is 11.6. The van der Waals surface area contributed by atoms with Gasteiger partial charge in [-0.05, 0) is 58.7 Å². The molecule has 0 aliphatic rings. The fourth-order valence-electron chi connectivity index (χ4n) is 5.71. The Balaban J connectivity index is 1.34. The Labute approximate surface area is 229 Å².